The molecule has 2 aromatic rings. The summed E-state index contributed by atoms with van der Waals surface area (Å²) in [5.41, 5.74) is 6.39. The SMILES string of the molecule is NC(=O)c1cccnc1Nc1ccc(Cl)cc1. The van der Waals surface area contributed by atoms with Gasteiger partial charge in [-0.25, -0.2) is 4.98 Å². The molecule has 1 aromatic heterocycles. The number of hydrogen-bond acceptors (Lipinski definition) is 3. The van der Waals surface area contributed by atoms with Crippen LogP contribution in [0.3, 0.4) is 0 Å². The number of carbonyl (C=O) groups excluding carboxylic acids is 1. The molecule has 0 radical (unpaired) electrons. The van der Waals surface area contributed by atoms with E-state index < -0.39 is 5.91 Å². The third-order valence-electron chi connectivity index (χ3n) is 2.18. The first-order valence-corrected chi connectivity index (χ1v) is 5.32. The fourth-order valence-electron chi connectivity index (χ4n) is 1.37. The van der Waals surface area contributed by atoms with Crippen LogP contribution in [0, 0.1) is 0 Å². The van der Waals surface area contributed by atoms with Crippen molar-refractivity contribution >= 4 is 29.0 Å². The summed E-state index contributed by atoms with van der Waals surface area (Å²) in [6, 6.07) is 10.4. The van der Waals surface area contributed by atoms with E-state index in [1.54, 1.807) is 42.6 Å². The molecule has 5 heteroatoms. The molecular formula is C12H10ClN3O. The van der Waals surface area contributed by atoms with Gasteiger partial charge in [0.2, 0.25) is 0 Å². The first-order chi connectivity index (χ1) is 8.16. The van der Waals surface area contributed by atoms with Gasteiger partial charge in [0.05, 0.1) is 5.56 Å². The Kier molecular flexibility index (Phi) is 3.25. The van der Waals surface area contributed by atoms with Gasteiger partial charge in [0.15, 0.2) is 0 Å². The monoisotopic (exact) mass is 247 g/mol. The van der Waals surface area contributed by atoms with Gasteiger partial charge in [-0.2, -0.15) is 0 Å². The number of pyridine rings is 1. The normalized spacial score (nSPS) is 9.94. The Morgan fingerprint density at radius 3 is 2.59 bits per heavy atom. The second-order valence-electron chi connectivity index (χ2n) is 3.40. The first kappa shape index (κ1) is 11.4. The van der Waals surface area contributed by atoms with Gasteiger partial charge >= 0.3 is 0 Å². The highest BCUT2D eigenvalue weighted by Gasteiger charge is 2.08. The molecule has 2 rings (SSSR count). The van der Waals surface area contributed by atoms with Gasteiger partial charge in [-0.15, -0.1) is 0 Å². The first-order valence-electron chi connectivity index (χ1n) is 4.94. The van der Waals surface area contributed by atoms with E-state index in [4.69, 9.17) is 17.3 Å². The maximum atomic E-state index is 11.2. The van der Waals surface area contributed by atoms with Crippen LogP contribution in [0.4, 0.5) is 11.5 Å². The standard InChI is InChI=1S/C12H10ClN3O/c13-8-3-5-9(6-4-8)16-12-10(11(14)17)2-1-7-15-12/h1-7H,(H2,14,17)(H,15,16). The van der Waals surface area contributed by atoms with Crippen molar-refractivity contribution in [2.45, 2.75) is 0 Å². The molecule has 4 nitrogen and oxygen atoms in total. The van der Waals surface area contributed by atoms with E-state index in [9.17, 15) is 4.79 Å². The Bertz CT molecular complexity index is 540. The minimum atomic E-state index is -0.519. The summed E-state index contributed by atoms with van der Waals surface area (Å²) in [6.07, 6.45) is 1.59. The minimum Gasteiger partial charge on any atom is -0.365 e. The molecule has 0 unspecified atom stereocenters. The zero-order valence-corrected chi connectivity index (χ0v) is 9.61. The highest BCUT2D eigenvalue weighted by molar-refractivity contribution is 6.30. The van der Waals surface area contributed by atoms with Crippen LogP contribution in [0.15, 0.2) is 42.6 Å². The molecule has 0 saturated heterocycles. The van der Waals surface area contributed by atoms with Crippen LogP contribution < -0.4 is 11.1 Å². The molecule has 0 aliphatic rings. The van der Waals surface area contributed by atoms with E-state index in [1.165, 1.54) is 0 Å². The van der Waals surface area contributed by atoms with E-state index in [2.05, 4.69) is 10.3 Å². The topological polar surface area (TPSA) is 68.0 Å². The number of hydrogen-bond donors (Lipinski definition) is 2. The number of anilines is 2. The number of nitrogens with two attached hydrogens (primary N) is 1. The van der Waals surface area contributed by atoms with Gasteiger partial charge in [-0.1, -0.05) is 11.6 Å². The molecule has 17 heavy (non-hydrogen) atoms. The highest BCUT2D eigenvalue weighted by Crippen LogP contribution is 2.19. The van der Waals surface area contributed by atoms with Crippen molar-refractivity contribution < 1.29 is 4.79 Å². The predicted octanol–water partition coefficient (Wildman–Crippen LogP) is 2.58. The summed E-state index contributed by atoms with van der Waals surface area (Å²) in [5.74, 6) is -0.0862. The largest absolute Gasteiger partial charge is 0.365 e. The summed E-state index contributed by atoms with van der Waals surface area (Å²) in [4.78, 5) is 15.3. The summed E-state index contributed by atoms with van der Waals surface area (Å²) >= 11 is 5.78. The molecule has 0 aliphatic carbocycles. The Balaban J connectivity index is 2.30. The van der Waals surface area contributed by atoms with Crippen molar-refractivity contribution in [1.29, 1.82) is 0 Å². The maximum Gasteiger partial charge on any atom is 0.252 e. The van der Waals surface area contributed by atoms with Crippen LogP contribution in [0.25, 0.3) is 0 Å². The molecular weight excluding hydrogens is 238 g/mol. The van der Waals surface area contributed by atoms with Crippen LogP contribution in [0.2, 0.25) is 5.02 Å². The summed E-state index contributed by atoms with van der Waals surface area (Å²) in [6.45, 7) is 0. The zero-order chi connectivity index (χ0) is 12.3. The number of primary amides is 1. The lowest BCUT2D eigenvalue weighted by Gasteiger charge is -2.08. The number of aromatic nitrogens is 1. The van der Waals surface area contributed by atoms with Crippen molar-refractivity contribution in [3.8, 4) is 0 Å². The van der Waals surface area contributed by atoms with E-state index in [0.29, 0.717) is 16.4 Å². The Hall–Kier alpha value is -2.07. The Labute approximate surface area is 103 Å². The second-order valence-corrected chi connectivity index (χ2v) is 3.83. The molecule has 3 N–H and O–H groups in total. The van der Waals surface area contributed by atoms with Crippen LogP contribution in [-0.4, -0.2) is 10.9 Å². The summed E-state index contributed by atoms with van der Waals surface area (Å²) < 4.78 is 0. The molecule has 0 spiro atoms. The van der Waals surface area contributed by atoms with Crippen LogP contribution >= 0.6 is 11.6 Å². The van der Waals surface area contributed by atoms with Crippen molar-refractivity contribution in [3.63, 3.8) is 0 Å². The predicted molar refractivity (Wildman–Crippen MR) is 67.5 cm³/mol. The van der Waals surface area contributed by atoms with Gasteiger partial charge < -0.3 is 11.1 Å². The smallest absolute Gasteiger partial charge is 0.252 e. The van der Waals surface area contributed by atoms with Gasteiger partial charge in [0, 0.05) is 16.9 Å². The Morgan fingerprint density at radius 1 is 1.24 bits per heavy atom. The van der Waals surface area contributed by atoms with Gasteiger partial charge in [-0.3, -0.25) is 4.79 Å². The number of benzene rings is 1. The fourth-order valence-corrected chi connectivity index (χ4v) is 1.50. The van der Waals surface area contributed by atoms with Gasteiger partial charge in [0.1, 0.15) is 5.82 Å². The van der Waals surface area contributed by atoms with E-state index in [-0.39, 0.29) is 0 Å². The molecule has 0 saturated carbocycles. The molecule has 0 fully saturated rings. The lowest BCUT2D eigenvalue weighted by Crippen LogP contribution is -2.14. The molecule has 1 amide bonds. The number of carbonyl (C=O) groups is 1. The minimum absolute atomic E-state index is 0.349. The quantitative estimate of drug-likeness (QED) is 0.876. The number of nitrogens with one attached hydrogen (secondary N) is 1. The molecule has 1 aromatic carbocycles. The number of rotatable bonds is 3. The zero-order valence-electron chi connectivity index (χ0n) is 8.85. The average molecular weight is 248 g/mol. The summed E-state index contributed by atoms with van der Waals surface area (Å²) in [7, 11) is 0. The number of halogens is 1. The third kappa shape index (κ3) is 2.73. The molecule has 86 valence electrons. The molecule has 0 aliphatic heterocycles. The lowest BCUT2D eigenvalue weighted by molar-refractivity contribution is 0.100. The number of amides is 1. The lowest BCUT2D eigenvalue weighted by atomic mass is 10.2. The fraction of sp³-hybridized carbons (Fsp3) is 0. The average Bonchev–Trinajstić information content (AvgIpc) is 2.32. The van der Waals surface area contributed by atoms with Crippen LogP contribution in [0.1, 0.15) is 10.4 Å². The second kappa shape index (κ2) is 4.84. The van der Waals surface area contributed by atoms with E-state index in [0.717, 1.165) is 5.69 Å². The van der Waals surface area contributed by atoms with Crippen molar-refractivity contribution in [2.75, 3.05) is 5.32 Å². The van der Waals surface area contributed by atoms with Gasteiger partial charge in [-0.05, 0) is 36.4 Å². The van der Waals surface area contributed by atoms with Crippen molar-refractivity contribution in [1.82, 2.24) is 4.98 Å². The van der Waals surface area contributed by atoms with Crippen molar-refractivity contribution in [2.24, 2.45) is 5.73 Å². The Morgan fingerprint density at radius 2 is 1.94 bits per heavy atom. The van der Waals surface area contributed by atoms with Gasteiger partial charge in [0.25, 0.3) is 5.91 Å². The number of nitrogens with zero attached hydrogens (tertiary/aromatic N) is 1. The van der Waals surface area contributed by atoms with E-state index in [1.807, 2.05) is 0 Å². The molecule has 0 bridgehead atoms. The van der Waals surface area contributed by atoms with Crippen molar-refractivity contribution in [3.05, 3.63) is 53.2 Å². The third-order valence-corrected chi connectivity index (χ3v) is 2.43. The van der Waals surface area contributed by atoms with Crippen LogP contribution in [-0.2, 0) is 0 Å². The van der Waals surface area contributed by atoms with E-state index >= 15 is 0 Å². The highest BCUT2D eigenvalue weighted by atomic mass is 35.5. The summed E-state index contributed by atoms with van der Waals surface area (Å²) in [5, 5.41) is 3.66. The molecule has 1 heterocycles. The van der Waals surface area contributed by atoms with Crippen LogP contribution in [0.5, 0.6) is 0 Å². The maximum absolute atomic E-state index is 11.2. The molecule has 0 atom stereocenters.